The average molecular weight is 373 g/mol. The molecule has 1 fully saturated rings. The number of rotatable bonds is 2. The minimum Gasteiger partial charge on any atom is -0.338 e. The predicted molar refractivity (Wildman–Crippen MR) is 69.8 cm³/mol. The Morgan fingerprint density at radius 3 is 2.73 bits per heavy atom. The van der Waals surface area contributed by atoms with Crippen LogP contribution in [-0.2, 0) is 0 Å². The molecule has 1 aliphatic rings. The highest BCUT2D eigenvalue weighted by atomic mass is 79.9. The van der Waals surface area contributed by atoms with Crippen LogP contribution in [-0.4, -0.2) is 29.8 Å². The molecule has 0 saturated carbocycles. The fourth-order valence-corrected chi connectivity index (χ4v) is 4.46. The molecule has 82 valence electrons. The first-order valence-electron chi connectivity index (χ1n) is 4.42. The van der Waals surface area contributed by atoms with Crippen LogP contribution in [0.2, 0.25) is 0 Å². The van der Waals surface area contributed by atoms with E-state index in [1.807, 2.05) is 11.0 Å². The van der Waals surface area contributed by atoms with Crippen LogP contribution in [0.15, 0.2) is 13.6 Å². The van der Waals surface area contributed by atoms with E-state index in [0.29, 0.717) is 11.8 Å². The first kappa shape index (κ1) is 11.9. The summed E-state index contributed by atoms with van der Waals surface area (Å²) in [6.07, 6.45) is 0. The van der Waals surface area contributed by atoms with E-state index in [0.717, 1.165) is 26.2 Å². The van der Waals surface area contributed by atoms with Gasteiger partial charge in [0.2, 0.25) is 0 Å². The van der Waals surface area contributed by atoms with Crippen LogP contribution in [0.25, 0.3) is 0 Å². The van der Waals surface area contributed by atoms with Gasteiger partial charge in [-0.2, -0.15) is 0 Å². The van der Waals surface area contributed by atoms with Crippen molar-refractivity contribution in [2.45, 2.75) is 0 Å². The number of amides is 1. The highest BCUT2D eigenvalue weighted by Crippen LogP contribution is 2.33. The summed E-state index contributed by atoms with van der Waals surface area (Å²) in [5.74, 6) is 1.19. The highest BCUT2D eigenvalue weighted by molar-refractivity contribution is 9.12. The van der Waals surface area contributed by atoms with Crippen molar-refractivity contribution in [3.05, 3.63) is 19.2 Å². The number of alkyl halides is 1. The molecule has 0 bridgehead atoms. The second-order valence-electron chi connectivity index (χ2n) is 3.47. The number of hydrogen-bond acceptors (Lipinski definition) is 2. The summed E-state index contributed by atoms with van der Waals surface area (Å²) in [5.41, 5.74) is 0.736. The molecular weight excluding hydrogens is 365 g/mol. The van der Waals surface area contributed by atoms with Gasteiger partial charge < -0.3 is 4.90 Å². The third-order valence-electron chi connectivity index (χ3n) is 2.35. The van der Waals surface area contributed by atoms with E-state index in [1.54, 1.807) is 0 Å². The molecule has 1 aromatic rings. The molecule has 6 heteroatoms. The van der Waals surface area contributed by atoms with Gasteiger partial charge in [-0.25, -0.2) is 0 Å². The molecule has 0 spiro atoms. The van der Waals surface area contributed by atoms with Gasteiger partial charge in [0, 0.05) is 24.9 Å². The zero-order valence-electron chi connectivity index (χ0n) is 7.67. The molecule has 1 amide bonds. The van der Waals surface area contributed by atoms with Crippen molar-refractivity contribution in [2.24, 2.45) is 5.92 Å². The summed E-state index contributed by atoms with van der Waals surface area (Å²) >= 11 is 14.0. The van der Waals surface area contributed by atoms with Crippen LogP contribution in [0.1, 0.15) is 10.4 Å². The van der Waals surface area contributed by atoms with Gasteiger partial charge in [0.1, 0.15) is 0 Å². The number of thiophene rings is 1. The maximum absolute atomic E-state index is 12.0. The molecule has 0 atom stereocenters. The van der Waals surface area contributed by atoms with Crippen molar-refractivity contribution >= 4 is 60.7 Å². The third kappa shape index (κ3) is 2.40. The normalized spacial score (nSPS) is 16.6. The number of carbonyl (C=O) groups is 1. The largest absolute Gasteiger partial charge is 0.338 e. The summed E-state index contributed by atoms with van der Waals surface area (Å²) in [4.78, 5) is 13.8. The molecule has 2 heterocycles. The van der Waals surface area contributed by atoms with Crippen LogP contribution in [0.3, 0.4) is 0 Å². The van der Waals surface area contributed by atoms with E-state index in [9.17, 15) is 4.79 Å². The van der Waals surface area contributed by atoms with Gasteiger partial charge in [0.25, 0.3) is 5.91 Å². The van der Waals surface area contributed by atoms with E-state index >= 15 is 0 Å². The van der Waals surface area contributed by atoms with Crippen molar-refractivity contribution in [1.82, 2.24) is 4.90 Å². The van der Waals surface area contributed by atoms with Gasteiger partial charge >= 0.3 is 0 Å². The smallest absolute Gasteiger partial charge is 0.255 e. The zero-order valence-corrected chi connectivity index (χ0v) is 12.4. The maximum Gasteiger partial charge on any atom is 0.255 e. The van der Waals surface area contributed by atoms with E-state index in [4.69, 9.17) is 11.6 Å². The van der Waals surface area contributed by atoms with E-state index in [1.165, 1.54) is 11.3 Å². The van der Waals surface area contributed by atoms with Crippen molar-refractivity contribution in [1.29, 1.82) is 0 Å². The molecule has 2 rings (SSSR count). The molecular formula is C9H8Br2ClNOS. The molecule has 15 heavy (non-hydrogen) atoms. The Hall–Kier alpha value is 0.420. The lowest BCUT2D eigenvalue weighted by Crippen LogP contribution is -2.50. The Labute approximate surface area is 114 Å². The van der Waals surface area contributed by atoms with Crippen molar-refractivity contribution in [2.75, 3.05) is 19.0 Å². The number of halogens is 3. The van der Waals surface area contributed by atoms with Crippen molar-refractivity contribution in [3.63, 3.8) is 0 Å². The Morgan fingerprint density at radius 1 is 1.60 bits per heavy atom. The van der Waals surface area contributed by atoms with Gasteiger partial charge in [-0.1, -0.05) is 0 Å². The van der Waals surface area contributed by atoms with Crippen LogP contribution < -0.4 is 0 Å². The van der Waals surface area contributed by atoms with Gasteiger partial charge in [-0.15, -0.1) is 22.9 Å². The summed E-state index contributed by atoms with van der Waals surface area (Å²) < 4.78 is 1.85. The Kier molecular flexibility index (Phi) is 3.75. The molecule has 1 saturated heterocycles. The van der Waals surface area contributed by atoms with Crippen LogP contribution in [0.4, 0.5) is 0 Å². The molecule has 1 aromatic heterocycles. The molecule has 0 aliphatic carbocycles. The lowest BCUT2D eigenvalue weighted by molar-refractivity contribution is 0.0535. The van der Waals surface area contributed by atoms with Crippen LogP contribution in [0, 0.1) is 5.92 Å². The lowest BCUT2D eigenvalue weighted by atomic mass is 10.0. The lowest BCUT2D eigenvalue weighted by Gasteiger charge is -2.38. The maximum atomic E-state index is 12.0. The SMILES string of the molecule is O=C(c1cc(Br)sc1Br)N1CC(CCl)C1. The Bertz CT molecular complexity index is 389. The fraction of sp³-hybridized carbons (Fsp3) is 0.444. The van der Waals surface area contributed by atoms with Crippen molar-refractivity contribution < 1.29 is 4.79 Å². The molecule has 1 aliphatic heterocycles. The van der Waals surface area contributed by atoms with Gasteiger partial charge in [-0.05, 0) is 37.9 Å². The number of carbonyl (C=O) groups excluding carboxylic acids is 1. The Balaban J connectivity index is 2.06. The second kappa shape index (κ2) is 4.73. The fourth-order valence-electron chi connectivity index (χ4n) is 1.49. The van der Waals surface area contributed by atoms with Gasteiger partial charge in [0.15, 0.2) is 0 Å². The molecule has 0 unspecified atom stereocenters. The van der Waals surface area contributed by atoms with Crippen LogP contribution in [0.5, 0.6) is 0 Å². The molecule has 0 radical (unpaired) electrons. The number of nitrogens with zero attached hydrogens (tertiary/aromatic N) is 1. The van der Waals surface area contributed by atoms with E-state index in [-0.39, 0.29) is 5.91 Å². The second-order valence-corrected chi connectivity index (χ2v) is 7.53. The van der Waals surface area contributed by atoms with E-state index < -0.39 is 0 Å². The minimum absolute atomic E-state index is 0.0881. The number of likely N-dealkylation sites (tertiary alicyclic amines) is 1. The topological polar surface area (TPSA) is 20.3 Å². The quantitative estimate of drug-likeness (QED) is 0.726. The monoisotopic (exact) mass is 371 g/mol. The highest BCUT2D eigenvalue weighted by Gasteiger charge is 2.31. The molecule has 0 N–H and O–H groups in total. The summed E-state index contributed by atoms with van der Waals surface area (Å²) in [6, 6.07) is 1.85. The average Bonchev–Trinajstić information content (AvgIpc) is 2.43. The summed E-state index contributed by atoms with van der Waals surface area (Å²) in [6.45, 7) is 1.56. The summed E-state index contributed by atoms with van der Waals surface area (Å²) in [7, 11) is 0. The minimum atomic E-state index is 0.0881. The van der Waals surface area contributed by atoms with Crippen molar-refractivity contribution in [3.8, 4) is 0 Å². The third-order valence-corrected chi connectivity index (χ3v) is 5.13. The first-order valence-corrected chi connectivity index (χ1v) is 7.35. The number of hydrogen-bond donors (Lipinski definition) is 0. The zero-order chi connectivity index (χ0) is 11.0. The van der Waals surface area contributed by atoms with Gasteiger partial charge in [-0.3, -0.25) is 4.79 Å². The van der Waals surface area contributed by atoms with Gasteiger partial charge in [0.05, 0.1) is 13.1 Å². The molecule has 2 nitrogen and oxygen atoms in total. The Morgan fingerprint density at radius 2 is 2.27 bits per heavy atom. The summed E-state index contributed by atoms with van der Waals surface area (Å²) in [5, 5.41) is 0. The standard InChI is InChI=1S/C9H8Br2ClNOS/c10-7-1-6(8(11)15-7)9(14)13-3-5(2-12)4-13/h1,5H,2-4H2. The molecule has 0 aromatic carbocycles. The predicted octanol–water partition coefficient (Wildman–Crippen LogP) is 3.58. The van der Waals surface area contributed by atoms with E-state index in [2.05, 4.69) is 31.9 Å². The van der Waals surface area contributed by atoms with Crippen LogP contribution >= 0.6 is 54.8 Å². The first-order chi connectivity index (χ1) is 7.11.